The van der Waals surface area contributed by atoms with Crippen LogP contribution in [0.3, 0.4) is 0 Å². The van der Waals surface area contributed by atoms with E-state index in [0.717, 1.165) is 11.1 Å². The van der Waals surface area contributed by atoms with Crippen LogP contribution in [-0.2, 0) is 4.79 Å². The van der Waals surface area contributed by atoms with E-state index in [0.29, 0.717) is 11.4 Å². The molecule has 0 aliphatic carbocycles. The Kier molecular flexibility index (Phi) is 5.66. The summed E-state index contributed by atoms with van der Waals surface area (Å²) in [5.41, 5.74) is 2.68. The van der Waals surface area contributed by atoms with Crippen LogP contribution in [0.15, 0.2) is 73.0 Å². The Labute approximate surface area is 157 Å². The van der Waals surface area contributed by atoms with E-state index in [4.69, 9.17) is 0 Å². The van der Waals surface area contributed by atoms with Gasteiger partial charge in [-0.05, 0) is 36.8 Å². The third kappa shape index (κ3) is 4.41. The molecule has 0 fully saturated rings. The predicted molar refractivity (Wildman–Crippen MR) is 105 cm³/mol. The molecule has 0 saturated heterocycles. The Morgan fingerprint density at radius 2 is 1.89 bits per heavy atom. The van der Waals surface area contributed by atoms with E-state index < -0.39 is 12.6 Å². The van der Waals surface area contributed by atoms with Gasteiger partial charge in [-0.15, -0.1) is 0 Å². The summed E-state index contributed by atoms with van der Waals surface area (Å²) in [4.78, 5) is 25.5. The Hall–Kier alpha value is -3.41. The number of nitrogens with zero attached hydrogens (tertiary/aromatic N) is 1. The molecule has 0 radical (unpaired) electrons. The number of alkyl halides is 1. The van der Waals surface area contributed by atoms with Gasteiger partial charge >= 0.3 is 6.03 Å². The summed E-state index contributed by atoms with van der Waals surface area (Å²) in [6.07, 6.45) is 7.36. The number of rotatable bonds is 4. The fraction of sp³-hybridized carbons (Fsp3) is 0.143. The van der Waals surface area contributed by atoms with Gasteiger partial charge in [0, 0.05) is 23.1 Å². The van der Waals surface area contributed by atoms with Gasteiger partial charge < -0.3 is 10.6 Å². The number of allylic oxidation sites excluding steroid dienone is 2. The topological polar surface area (TPSA) is 61.4 Å². The number of amides is 3. The smallest absolute Gasteiger partial charge is 0.323 e. The van der Waals surface area contributed by atoms with E-state index in [1.54, 1.807) is 35.4 Å². The van der Waals surface area contributed by atoms with Gasteiger partial charge in [-0.25, -0.2) is 9.18 Å². The fourth-order valence-electron chi connectivity index (χ4n) is 2.83. The third-order valence-corrected chi connectivity index (χ3v) is 4.17. The average Bonchev–Trinajstić information content (AvgIpc) is 2.68. The lowest BCUT2D eigenvalue weighted by Gasteiger charge is -2.25. The first-order valence-electron chi connectivity index (χ1n) is 8.58. The molecule has 3 rings (SSSR count). The minimum Gasteiger partial charge on any atom is -0.323 e. The molecule has 0 aromatic heterocycles. The van der Waals surface area contributed by atoms with E-state index in [1.807, 2.05) is 49.4 Å². The van der Waals surface area contributed by atoms with Gasteiger partial charge in [0.15, 0.2) is 6.67 Å². The summed E-state index contributed by atoms with van der Waals surface area (Å²) in [5, 5.41) is 5.43. The molecule has 2 aromatic rings. The van der Waals surface area contributed by atoms with Gasteiger partial charge in [-0.2, -0.15) is 0 Å². The highest BCUT2D eigenvalue weighted by molar-refractivity contribution is 5.97. The minimum atomic E-state index is -1.08. The molecule has 138 valence electrons. The van der Waals surface area contributed by atoms with Gasteiger partial charge in [0.2, 0.25) is 0 Å². The Morgan fingerprint density at radius 1 is 1.07 bits per heavy atom. The maximum Gasteiger partial charge on any atom is 0.326 e. The number of halogens is 1. The molecule has 1 aliphatic rings. The lowest BCUT2D eigenvalue weighted by Crippen LogP contribution is -2.37. The summed E-state index contributed by atoms with van der Waals surface area (Å²) in [7, 11) is 0. The zero-order valence-corrected chi connectivity index (χ0v) is 14.9. The molecule has 2 N–H and O–H groups in total. The molecule has 0 spiro atoms. The van der Waals surface area contributed by atoms with Gasteiger partial charge in [0.1, 0.15) is 0 Å². The quantitative estimate of drug-likeness (QED) is 0.834. The van der Waals surface area contributed by atoms with Crippen LogP contribution in [0.25, 0.3) is 11.1 Å². The standard InChI is InChI=1S/C21H20FN3O2/c1-15-7-4-5-12-25(15)21(27)23-17-9-6-8-16(13-17)18-10-2-3-11-19(18)24-20(26)14-22/h2-13,15H,14H2,1H3,(H,23,27)(H,24,26). The molecule has 6 heteroatoms. The number of carbonyl (C=O) groups excluding carboxylic acids is 2. The second-order valence-electron chi connectivity index (χ2n) is 6.11. The maximum atomic E-state index is 12.5. The van der Waals surface area contributed by atoms with Crippen molar-refractivity contribution in [1.82, 2.24) is 4.90 Å². The van der Waals surface area contributed by atoms with Crippen LogP contribution in [0.2, 0.25) is 0 Å². The molecule has 0 bridgehead atoms. The van der Waals surface area contributed by atoms with E-state index >= 15 is 0 Å². The van der Waals surface area contributed by atoms with Crippen molar-refractivity contribution in [3.05, 3.63) is 73.0 Å². The van der Waals surface area contributed by atoms with Crippen molar-refractivity contribution in [3.63, 3.8) is 0 Å². The Morgan fingerprint density at radius 3 is 2.67 bits per heavy atom. The van der Waals surface area contributed by atoms with Crippen molar-refractivity contribution in [1.29, 1.82) is 0 Å². The average molecular weight is 365 g/mol. The Balaban J connectivity index is 1.82. The third-order valence-electron chi connectivity index (χ3n) is 4.17. The molecule has 1 unspecified atom stereocenters. The van der Waals surface area contributed by atoms with Crippen LogP contribution < -0.4 is 10.6 Å². The lowest BCUT2D eigenvalue weighted by molar-refractivity contribution is -0.117. The second kappa shape index (κ2) is 8.31. The van der Waals surface area contributed by atoms with E-state index in [2.05, 4.69) is 10.6 Å². The van der Waals surface area contributed by atoms with Gasteiger partial charge in [-0.3, -0.25) is 9.69 Å². The van der Waals surface area contributed by atoms with Crippen LogP contribution in [-0.4, -0.2) is 29.6 Å². The molecule has 27 heavy (non-hydrogen) atoms. The largest absolute Gasteiger partial charge is 0.326 e. The van der Waals surface area contributed by atoms with Crippen LogP contribution in [0.4, 0.5) is 20.6 Å². The number of benzene rings is 2. The number of urea groups is 1. The monoisotopic (exact) mass is 365 g/mol. The molecule has 1 heterocycles. The highest BCUT2D eigenvalue weighted by Gasteiger charge is 2.17. The fourth-order valence-corrected chi connectivity index (χ4v) is 2.83. The van der Waals surface area contributed by atoms with Crippen molar-refractivity contribution < 1.29 is 14.0 Å². The first-order valence-corrected chi connectivity index (χ1v) is 8.58. The molecule has 3 amide bonds. The van der Waals surface area contributed by atoms with Crippen molar-refractivity contribution in [2.45, 2.75) is 13.0 Å². The predicted octanol–water partition coefficient (Wildman–Crippen LogP) is 4.57. The first-order chi connectivity index (χ1) is 13.1. The SMILES string of the molecule is CC1C=CC=CN1C(=O)Nc1cccc(-c2ccccc2NC(=O)CF)c1. The summed E-state index contributed by atoms with van der Waals surface area (Å²) >= 11 is 0. The highest BCUT2D eigenvalue weighted by Crippen LogP contribution is 2.29. The number of carbonyl (C=O) groups is 2. The zero-order chi connectivity index (χ0) is 19.2. The number of nitrogens with one attached hydrogen (secondary N) is 2. The molecular weight excluding hydrogens is 345 g/mol. The van der Waals surface area contributed by atoms with Crippen molar-refractivity contribution in [3.8, 4) is 11.1 Å². The van der Waals surface area contributed by atoms with E-state index in [9.17, 15) is 14.0 Å². The maximum absolute atomic E-state index is 12.5. The van der Waals surface area contributed by atoms with Gasteiger partial charge in [0.05, 0.1) is 6.04 Å². The summed E-state index contributed by atoms with van der Waals surface area (Å²) < 4.78 is 12.5. The van der Waals surface area contributed by atoms with Crippen molar-refractivity contribution in [2.24, 2.45) is 0 Å². The zero-order valence-electron chi connectivity index (χ0n) is 14.9. The van der Waals surface area contributed by atoms with Crippen LogP contribution in [0.5, 0.6) is 0 Å². The van der Waals surface area contributed by atoms with E-state index in [1.165, 1.54) is 0 Å². The normalized spacial score (nSPS) is 15.5. The van der Waals surface area contributed by atoms with Gasteiger partial charge in [0.25, 0.3) is 5.91 Å². The summed E-state index contributed by atoms with van der Waals surface area (Å²) in [6, 6.07) is 14.1. The van der Waals surface area contributed by atoms with Crippen LogP contribution in [0, 0.1) is 0 Å². The Bertz CT molecular complexity index is 908. The second-order valence-corrected chi connectivity index (χ2v) is 6.11. The van der Waals surface area contributed by atoms with Crippen LogP contribution >= 0.6 is 0 Å². The molecule has 1 aliphatic heterocycles. The number of hydrogen-bond acceptors (Lipinski definition) is 2. The minimum absolute atomic E-state index is 0.0326. The highest BCUT2D eigenvalue weighted by atomic mass is 19.1. The molecule has 1 atom stereocenters. The van der Waals surface area contributed by atoms with Crippen molar-refractivity contribution in [2.75, 3.05) is 17.3 Å². The van der Waals surface area contributed by atoms with Crippen LogP contribution in [0.1, 0.15) is 6.92 Å². The molecule has 2 aromatic carbocycles. The number of hydrogen-bond donors (Lipinski definition) is 2. The number of para-hydroxylation sites is 1. The van der Waals surface area contributed by atoms with E-state index in [-0.39, 0.29) is 12.1 Å². The first kappa shape index (κ1) is 18.4. The number of anilines is 2. The molecular formula is C21H20FN3O2. The molecule has 5 nitrogen and oxygen atoms in total. The van der Waals surface area contributed by atoms with Gasteiger partial charge in [-0.1, -0.05) is 42.5 Å². The summed E-state index contributed by atoms with van der Waals surface area (Å²) in [6.45, 7) is 0.847. The summed E-state index contributed by atoms with van der Waals surface area (Å²) in [5.74, 6) is -0.703. The molecule has 0 saturated carbocycles. The lowest BCUT2D eigenvalue weighted by atomic mass is 10.0. The van der Waals surface area contributed by atoms with Crippen molar-refractivity contribution >= 4 is 23.3 Å².